The molecule has 2 fully saturated rings. The lowest BCUT2D eigenvalue weighted by Gasteiger charge is -2.37. The molecule has 1 aliphatic heterocycles. The van der Waals surface area contributed by atoms with E-state index >= 15 is 0 Å². The first kappa shape index (κ1) is 12.5. The SMILES string of the molecule is O=C(O)N1C[C@]2(Cc3ccccc3)C[C@H]2C[C@H]1CO. The molecule has 1 aromatic rings. The van der Waals surface area contributed by atoms with E-state index in [2.05, 4.69) is 12.1 Å². The molecule has 3 atom stereocenters. The van der Waals surface area contributed by atoms with Crippen molar-refractivity contribution >= 4 is 6.09 Å². The van der Waals surface area contributed by atoms with Crippen LogP contribution < -0.4 is 0 Å². The Hall–Kier alpha value is -1.55. The molecule has 1 saturated heterocycles. The van der Waals surface area contributed by atoms with Crippen LogP contribution in [0.3, 0.4) is 0 Å². The average Bonchev–Trinajstić information content (AvgIpc) is 3.10. The van der Waals surface area contributed by atoms with Crippen molar-refractivity contribution < 1.29 is 15.0 Å². The lowest BCUT2D eigenvalue weighted by molar-refractivity contribution is 0.0557. The van der Waals surface area contributed by atoms with Gasteiger partial charge in [-0.15, -0.1) is 0 Å². The first-order chi connectivity index (χ1) is 9.14. The fourth-order valence-electron chi connectivity index (χ4n) is 3.55. The molecule has 3 rings (SSSR count). The molecule has 102 valence electrons. The number of aliphatic hydroxyl groups excluding tert-OH is 1. The number of likely N-dealkylation sites (tertiary alicyclic amines) is 1. The maximum atomic E-state index is 11.3. The number of carbonyl (C=O) groups is 1. The van der Waals surface area contributed by atoms with Crippen molar-refractivity contribution in [1.29, 1.82) is 0 Å². The highest BCUT2D eigenvalue weighted by molar-refractivity contribution is 5.66. The Morgan fingerprint density at radius 1 is 1.37 bits per heavy atom. The molecule has 0 unspecified atom stereocenters. The summed E-state index contributed by atoms with van der Waals surface area (Å²) in [7, 11) is 0. The van der Waals surface area contributed by atoms with E-state index in [4.69, 9.17) is 0 Å². The molecule has 2 aliphatic rings. The molecule has 4 nitrogen and oxygen atoms in total. The van der Waals surface area contributed by atoms with Crippen molar-refractivity contribution in [2.45, 2.75) is 25.3 Å². The van der Waals surface area contributed by atoms with Crippen LogP contribution in [0.5, 0.6) is 0 Å². The quantitative estimate of drug-likeness (QED) is 0.874. The zero-order valence-corrected chi connectivity index (χ0v) is 10.8. The lowest BCUT2D eigenvalue weighted by Crippen LogP contribution is -2.49. The highest BCUT2D eigenvalue weighted by Crippen LogP contribution is 2.60. The zero-order chi connectivity index (χ0) is 13.5. The van der Waals surface area contributed by atoms with Gasteiger partial charge in [0.1, 0.15) is 0 Å². The zero-order valence-electron chi connectivity index (χ0n) is 10.8. The summed E-state index contributed by atoms with van der Waals surface area (Å²) < 4.78 is 0. The lowest BCUT2D eigenvalue weighted by atomic mass is 9.87. The molecule has 0 aromatic heterocycles. The number of hydrogen-bond acceptors (Lipinski definition) is 2. The van der Waals surface area contributed by atoms with Crippen LogP contribution in [-0.4, -0.2) is 40.4 Å². The van der Waals surface area contributed by atoms with Crippen LogP contribution in [0.4, 0.5) is 4.79 Å². The number of piperidine rings is 1. The maximum absolute atomic E-state index is 11.3. The van der Waals surface area contributed by atoms with Crippen LogP contribution in [0.2, 0.25) is 0 Å². The molecule has 2 N–H and O–H groups in total. The molecule has 1 aliphatic carbocycles. The van der Waals surface area contributed by atoms with Gasteiger partial charge in [0, 0.05) is 6.54 Å². The summed E-state index contributed by atoms with van der Waals surface area (Å²) >= 11 is 0. The van der Waals surface area contributed by atoms with Crippen molar-refractivity contribution in [3.63, 3.8) is 0 Å². The fourth-order valence-corrected chi connectivity index (χ4v) is 3.55. The van der Waals surface area contributed by atoms with Gasteiger partial charge in [0.15, 0.2) is 0 Å². The van der Waals surface area contributed by atoms with Crippen molar-refractivity contribution in [1.82, 2.24) is 4.90 Å². The molecule has 4 heteroatoms. The predicted octanol–water partition coefficient (Wildman–Crippen LogP) is 1.98. The summed E-state index contributed by atoms with van der Waals surface area (Å²) in [6.45, 7) is 0.497. The minimum atomic E-state index is -0.906. The van der Waals surface area contributed by atoms with Gasteiger partial charge in [-0.25, -0.2) is 4.79 Å². The van der Waals surface area contributed by atoms with Crippen molar-refractivity contribution in [2.24, 2.45) is 11.3 Å². The summed E-state index contributed by atoms with van der Waals surface area (Å²) in [5, 5.41) is 18.6. The second kappa shape index (κ2) is 4.53. The van der Waals surface area contributed by atoms with Crippen LogP contribution in [0.15, 0.2) is 30.3 Å². The third kappa shape index (κ3) is 2.21. The fraction of sp³-hybridized carbons (Fsp3) is 0.533. The first-order valence-corrected chi connectivity index (χ1v) is 6.79. The maximum Gasteiger partial charge on any atom is 0.407 e. The Balaban J connectivity index is 1.75. The molecule has 1 aromatic carbocycles. The van der Waals surface area contributed by atoms with Gasteiger partial charge in [0.05, 0.1) is 12.6 Å². The van der Waals surface area contributed by atoms with Crippen LogP contribution in [0.1, 0.15) is 18.4 Å². The van der Waals surface area contributed by atoms with Crippen molar-refractivity contribution in [2.75, 3.05) is 13.2 Å². The Kier molecular flexibility index (Phi) is 2.97. The molecular formula is C15H19NO3. The van der Waals surface area contributed by atoms with E-state index in [-0.39, 0.29) is 18.1 Å². The Morgan fingerprint density at radius 2 is 2.11 bits per heavy atom. The van der Waals surface area contributed by atoms with Gasteiger partial charge in [-0.2, -0.15) is 0 Å². The monoisotopic (exact) mass is 261 g/mol. The van der Waals surface area contributed by atoms with Gasteiger partial charge in [-0.3, -0.25) is 0 Å². The average molecular weight is 261 g/mol. The summed E-state index contributed by atoms with van der Waals surface area (Å²) in [6.07, 6.45) is 1.93. The van der Waals surface area contributed by atoms with Gasteiger partial charge < -0.3 is 15.1 Å². The topological polar surface area (TPSA) is 60.8 Å². The van der Waals surface area contributed by atoms with Crippen molar-refractivity contribution in [3.05, 3.63) is 35.9 Å². The first-order valence-electron chi connectivity index (χ1n) is 6.79. The van der Waals surface area contributed by atoms with E-state index in [9.17, 15) is 15.0 Å². The van der Waals surface area contributed by atoms with Crippen LogP contribution in [-0.2, 0) is 6.42 Å². The van der Waals surface area contributed by atoms with Crippen LogP contribution in [0.25, 0.3) is 0 Å². The molecule has 1 amide bonds. The highest BCUT2D eigenvalue weighted by Gasteiger charge is 2.59. The molecule has 1 heterocycles. The van der Waals surface area contributed by atoms with E-state index in [1.54, 1.807) is 0 Å². The predicted molar refractivity (Wildman–Crippen MR) is 70.9 cm³/mol. The number of hydrogen-bond donors (Lipinski definition) is 2. The largest absolute Gasteiger partial charge is 0.465 e. The number of benzene rings is 1. The number of carboxylic acid groups (broad SMARTS) is 1. The number of fused-ring (bicyclic) bond motifs is 1. The standard InChI is InChI=1S/C15H19NO3/c17-9-13-6-12-8-15(12,10-16(13)14(18)19)7-11-4-2-1-3-5-11/h1-5,12-13,17H,6-10H2,(H,18,19)/t12-,13+,15+/m1/s1. The van der Waals surface area contributed by atoms with Gasteiger partial charge in [0.2, 0.25) is 0 Å². The number of amides is 1. The molecule has 0 bridgehead atoms. The molecule has 19 heavy (non-hydrogen) atoms. The molecular weight excluding hydrogens is 242 g/mol. The van der Waals surface area contributed by atoms with Gasteiger partial charge in [-0.05, 0) is 36.2 Å². The van der Waals surface area contributed by atoms with Gasteiger partial charge >= 0.3 is 6.09 Å². The molecule has 0 spiro atoms. The summed E-state index contributed by atoms with van der Waals surface area (Å²) in [5.74, 6) is 0.570. The second-order valence-electron chi connectivity index (χ2n) is 5.91. The summed E-state index contributed by atoms with van der Waals surface area (Å²) in [4.78, 5) is 12.7. The van der Waals surface area contributed by atoms with E-state index in [0.29, 0.717) is 12.5 Å². The highest BCUT2D eigenvalue weighted by atomic mass is 16.4. The molecule has 1 saturated carbocycles. The van der Waals surface area contributed by atoms with E-state index < -0.39 is 6.09 Å². The number of rotatable bonds is 3. The van der Waals surface area contributed by atoms with E-state index in [1.807, 2.05) is 18.2 Å². The van der Waals surface area contributed by atoms with E-state index in [1.165, 1.54) is 10.5 Å². The Labute approximate surface area is 112 Å². The second-order valence-corrected chi connectivity index (χ2v) is 5.91. The Bertz CT molecular complexity index is 476. The summed E-state index contributed by atoms with van der Waals surface area (Å²) in [6, 6.07) is 10.0. The molecule has 0 radical (unpaired) electrons. The smallest absolute Gasteiger partial charge is 0.407 e. The minimum absolute atomic E-state index is 0.0653. The Morgan fingerprint density at radius 3 is 2.74 bits per heavy atom. The van der Waals surface area contributed by atoms with Crippen LogP contribution in [0, 0.1) is 11.3 Å². The van der Waals surface area contributed by atoms with Crippen molar-refractivity contribution in [3.8, 4) is 0 Å². The minimum Gasteiger partial charge on any atom is -0.465 e. The van der Waals surface area contributed by atoms with Gasteiger partial charge in [-0.1, -0.05) is 30.3 Å². The number of aliphatic hydroxyl groups is 1. The van der Waals surface area contributed by atoms with Gasteiger partial charge in [0.25, 0.3) is 0 Å². The normalized spacial score (nSPS) is 32.8. The van der Waals surface area contributed by atoms with Crippen LogP contribution >= 0.6 is 0 Å². The van der Waals surface area contributed by atoms with E-state index in [0.717, 1.165) is 19.3 Å². The third-order valence-corrected chi connectivity index (χ3v) is 4.70. The number of nitrogens with zero attached hydrogens (tertiary/aromatic N) is 1. The third-order valence-electron chi connectivity index (χ3n) is 4.70. The summed E-state index contributed by atoms with van der Waals surface area (Å²) in [5.41, 5.74) is 1.39.